The van der Waals surface area contributed by atoms with Gasteiger partial charge in [0.25, 0.3) is 0 Å². The van der Waals surface area contributed by atoms with Crippen molar-refractivity contribution in [1.82, 2.24) is 20.2 Å². The fraction of sp³-hybridized carbons (Fsp3) is 0.364. The van der Waals surface area contributed by atoms with Crippen LogP contribution >= 0.6 is 0 Å². The summed E-state index contributed by atoms with van der Waals surface area (Å²) in [5, 5.41) is 7.13. The number of hydrogen-bond donors (Lipinski definition) is 1. The van der Waals surface area contributed by atoms with Gasteiger partial charge in [-0.05, 0) is 19.1 Å². The molecule has 0 saturated heterocycles. The maximum Gasteiger partial charge on any atom is 0.182 e. The lowest BCUT2D eigenvalue weighted by Crippen LogP contribution is -1.90. The van der Waals surface area contributed by atoms with Crippen molar-refractivity contribution < 1.29 is 0 Å². The Morgan fingerprint density at radius 3 is 2.73 bits per heavy atom. The second-order valence-electron chi connectivity index (χ2n) is 3.84. The van der Waals surface area contributed by atoms with Gasteiger partial charge in [-0.15, -0.1) is 0 Å². The van der Waals surface area contributed by atoms with Gasteiger partial charge in [-0.2, -0.15) is 5.10 Å². The topological polar surface area (TPSA) is 54.5 Å². The molecular weight excluding hydrogens is 188 g/mol. The van der Waals surface area contributed by atoms with Crippen molar-refractivity contribution >= 4 is 0 Å². The van der Waals surface area contributed by atoms with E-state index in [4.69, 9.17) is 0 Å². The average molecular weight is 202 g/mol. The Morgan fingerprint density at radius 2 is 2.13 bits per heavy atom. The molecule has 2 aromatic rings. The highest BCUT2D eigenvalue weighted by Crippen LogP contribution is 2.19. The molecule has 0 radical (unpaired) electrons. The smallest absolute Gasteiger partial charge is 0.182 e. The van der Waals surface area contributed by atoms with Crippen LogP contribution in [0, 0.1) is 6.92 Å². The molecule has 0 aromatic carbocycles. The van der Waals surface area contributed by atoms with Gasteiger partial charge >= 0.3 is 0 Å². The SMILES string of the molecule is Cc1ncccc1-c1n[nH]c(C(C)C)n1. The standard InChI is InChI=1S/C11H14N4/c1-7(2)10-13-11(15-14-10)9-5-4-6-12-8(9)3/h4-7H,1-3H3,(H,13,14,15). The number of nitrogens with zero attached hydrogens (tertiary/aromatic N) is 3. The van der Waals surface area contributed by atoms with E-state index in [1.807, 2.05) is 19.1 Å². The van der Waals surface area contributed by atoms with Crippen LogP contribution in [0.3, 0.4) is 0 Å². The fourth-order valence-corrected chi connectivity index (χ4v) is 1.37. The highest BCUT2D eigenvalue weighted by atomic mass is 15.2. The number of nitrogens with one attached hydrogen (secondary N) is 1. The molecule has 1 N–H and O–H groups in total. The van der Waals surface area contributed by atoms with Crippen molar-refractivity contribution in [2.45, 2.75) is 26.7 Å². The van der Waals surface area contributed by atoms with Crippen molar-refractivity contribution in [3.05, 3.63) is 29.8 Å². The molecule has 0 aliphatic rings. The van der Waals surface area contributed by atoms with Crippen LogP contribution in [0.1, 0.15) is 31.3 Å². The first-order chi connectivity index (χ1) is 7.18. The predicted octanol–water partition coefficient (Wildman–Crippen LogP) is 2.30. The first-order valence-corrected chi connectivity index (χ1v) is 5.02. The molecule has 0 bridgehead atoms. The lowest BCUT2D eigenvalue weighted by Gasteiger charge is -1.98. The largest absolute Gasteiger partial charge is 0.262 e. The zero-order valence-corrected chi connectivity index (χ0v) is 9.15. The Hall–Kier alpha value is -1.71. The van der Waals surface area contributed by atoms with Crippen molar-refractivity contribution in [2.75, 3.05) is 0 Å². The molecule has 2 heterocycles. The zero-order chi connectivity index (χ0) is 10.8. The predicted molar refractivity (Wildman–Crippen MR) is 58.4 cm³/mol. The fourth-order valence-electron chi connectivity index (χ4n) is 1.37. The number of hydrogen-bond acceptors (Lipinski definition) is 3. The van der Waals surface area contributed by atoms with Gasteiger partial charge in [0.2, 0.25) is 0 Å². The Labute approximate surface area is 88.8 Å². The summed E-state index contributed by atoms with van der Waals surface area (Å²) in [5.74, 6) is 2.00. The van der Waals surface area contributed by atoms with E-state index in [-0.39, 0.29) is 0 Å². The van der Waals surface area contributed by atoms with Crippen LogP contribution < -0.4 is 0 Å². The minimum atomic E-state index is 0.364. The maximum atomic E-state index is 4.43. The number of aryl methyl sites for hydroxylation is 1. The quantitative estimate of drug-likeness (QED) is 0.812. The van der Waals surface area contributed by atoms with E-state index in [1.165, 1.54) is 0 Å². The van der Waals surface area contributed by atoms with Crippen LogP contribution in [0.4, 0.5) is 0 Å². The highest BCUT2D eigenvalue weighted by Gasteiger charge is 2.10. The van der Waals surface area contributed by atoms with Gasteiger partial charge < -0.3 is 0 Å². The first kappa shape index (κ1) is 9.83. The minimum Gasteiger partial charge on any atom is -0.262 e. The van der Waals surface area contributed by atoms with Crippen LogP contribution in [0.25, 0.3) is 11.4 Å². The van der Waals surface area contributed by atoms with Crippen LogP contribution in [-0.4, -0.2) is 20.2 Å². The molecule has 15 heavy (non-hydrogen) atoms. The van der Waals surface area contributed by atoms with Gasteiger partial charge in [-0.3, -0.25) is 10.1 Å². The molecule has 0 aliphatic carbocycles. The lowest BCUT2D eigenvalue weighted by molar-refractivity contribution is 0.781. The molecule has 78 valence electrons. The monoisotopic (exact) mass is 202 g/mol. The molecule has 4 nitrogen and oxygen atoms in total. The normalized spacial score (nSPS) is 10.9. The molecule has 0 amide bonds. The van der Waals surface area contributed by atoms with Gasteiger partial charge in [0.15, 0.2) is 5.82 Å². The molecule has 2 rings (SSSR count). The molecular formula is C11H14N4. The minimum absolute atomic E-state index is 0.364. The number of aromatic nitrogens is 4. The molecule has 0 spiro atoms. The van der Waals surface area contributed by atoms with Crippen molar-refractivity contribution in [1.29, 1.82) is 0 Å². The second-order valence-corrected chi connectivity index (χ2v) is 3.84. The van der Waals surface area contributed by atoms with Crippen LogP contribution in [-0.2, 0) is 0 Å². The van der Waals surface area contributed by atoms with E-state index in [2.05, 4.69) is 34.0 Å². The van der Waals surface area contributed by atoms with E-state index in [1.54, 1.807) is 6.20 Å². The number of aromatic amines is 1. The average Bonchev–Trinajstić information content (AvgIpc) is 2.67. The molecule has 0 unspecified atom stereocenters. The third kappa shape index (κ3) is 1.88. The summed E-state index contributed by atoms with van der Waals surface area (Å²) in [6.45, 7) is 6.13. The maximum absolute atomic E-state index is 4.43. The Kier molecular flexibility index (Phi) is 2.49. The molecule has 2 aromatic heterocycles. The summed E-state index contributed by atoms with van der Waals surface area (Å²) in [5.41, 5.74) is 1.94. The Morgan fingerprint density at radius 1 is 1.33 bits per heavy atom. The van der Waals surface area contributed by atoms with E-state index >= 15 is 0 Å². The zero-order valence-electron chi connectivity index (χ0n) is 9.15. The summed E-state index contributed by atoms with van der Waals surface area (Å²) in [6.07, 6.45) is 1.77. The highest BCUT2D eigenvalue weighted by molar-refractivity contribution is 5.56. The van der Waals surface area contributed by atoms with Crippen molar-refractivity contribution in [2.24, 2.45) is 0 Å². The van der Waals surface area contributed by atoms with E-state index in [0.29, 0.717) is 5.92 Å². The summed E-state index contributed by atoms with van der Waals surface area (Å²) in [7, 11) is 0. The first-order valence-electron chi connectivity index (χ1n) is 5.02. The van der Waals surface area contributed by atoms with Crippen molar-refractivity contribution in [3.63, 3.8) is 0 Å². The Bertz CT molecular complexity index is 459. The van der Waals surface area contributed by atoms with Crippen LogP contribution in [0.15, 0.2) is 18.3 Å². The number of rotatable bonds is 2. The third-order valence-electron chi connectivity index (χ3n) is 2.30. The van der Waals surface area contributed by atoms with E-state index < -0.39 is 0 Å². The number of pyridine rings is 1. The van der Waals surface area contributed by atoms with Gasteiger partial charge in [0, 0.05) is 23.4 Å². The van der Waals surface area contributed by atoms with E-state index in [9.17, 15) is 0 Å². The third-order valence-corrected chi connectivity index (χ3v) is 2.30. The lowest BCUT2D eigenvalue weighted by atomic mass is 10.2. The summed E-state index contributed by atoms with van der Waals surface area (Å²) in [4.78, 5) is 8.65. The summed E-state index contributed by atoms with van der Waals surface area (Å²) < 4.78 is 0. The molecule has 0 saturated carbocycles. The van der Waals surface area contributed by atoms with Gasteiger partial charge in [-0.1, -0.05) is 13.8 Å². The Balaban J connectivity index is 2.42. The van der Waals surface area contributed by atoms with E-state index in [0.717, 1.165) is 22.9 Å². The van der Waals surface area contributed by atoms with Gasteiger partial charge in [-0.25, -0.2) is 4.98 Å². The summed E-state index contributed by atoms with van der Waals surface area (Å²) >= 11 is 0. The van der Waals surface area contributed by atoms with Gasteiger partial charge in [0.05, 0.1) is 0 Å². The molecule has 0 atom stereocenters. The molecule has 4 heteroatoms. The second kappa shape index (κ2) is 3.81. The summed E-state index contributed by atoms with van der Waals surface area (Å²) in [6, 6.07) is 3.88. The molecule has 0 fully saturated rings. The van der Waals surface area contributed by atoms with Crippen molar-refractivity contribution in [3.8, 4) is 11.4 Å². The molecule has 0 aliphatic heterocycles. The van der Waals surface area contributed by atoms with Gasteiger partial charge in [0.1, 0.15) is 5.82 Å². The van der Waals surface area contributed by atoms with Crippen LogP contribution in [0.2, 0.25) is 0 Å². The number of H-pyrrole nitrogens is 1. The van der Waals surface area contributed by atoms with Crippen LogP contribution in [0.5, 0.6) is 0 Å².